The molecule has 20 heavy (non-hydrogen) atoms. The van der Waals surface area contributed by atoms with Gasteiger partial charge in [-0.25, -0.2) is 4.98 Å². The molecule has 0 amide bonds. The quantitative estimate of drug-likeness (QED) is 0.681. The van der Waals surface area contributed by atoms with E-state index in [1.165, 1.54) is 11.1 Å². The summed E-state index contributed by atoms with van der Waals surface area (Å²) in [7, 11) is -0.949. The van der Waals surface area contributed by atoms with Crippen LogP contribution in [-0.2, 0) is 17.2 Å². The van der Waals surface area contributed by atoms with E-state index in [2.05, 4.69) is 23.2 Å². The van der Waals surface area contributed by atoms with Crippen LogP contribution in [0.2, 0.25) is 0 Å². The molecule has 0 bridgehead atoms. The second-order valence-electron chi connectivity index (χ2n) is 4.95. The van der Waals surface area contributed by atoms with Crippen LogP contribution in [-0.4, -0.2) is 14.9 Å². The Kier molecular flexibility index (Phi) is 2.67. The third kappa shape index (κ3) is 1.70. The zero-order chi connectivity index (χ0) is 13.5. The van der Waals surface area contributed by atoms with Gasteiger partial charge in [0.25, 0.3) is 0 Å². The predicted molar refractivity (Wildman–Crippen MR) is 82.2 cm³/mol. The van der Waals surface area contributed by atoms with Crippen molar-refractivity contribution in [3.63, 3.8) is 0 Å². The monoisotopic (exact) mass is 279 g/mol. The second kappa shape index (κ2) is 4.53. The molecule has 0 saturated heterocycles. The Morgan fingerprint density at radius 2 is 1.70 bits per heavy atom. The lowest BCUT2D eigenvalue weighted by atomic mass is 9.95. The van der Waals surface area contributed by atoms with Crippen molar-refractivity contribution < 1.29 is 4.21 Å². The van der Waals surface area contributed by atoms with Crippen LogP contribution in [0.5, 0.6) is 0 Å². The minimum absolute atomic E-state index is 0.693. The van der Waals surface area contributed by atoms with Gasteiger partial charge >= 0.3 is 0 Å². The normalized spacial score (nSPS) is 17.3. The molecule has 0 N–H and O–H groups in total. The Balaban J connectivity index is 2.15. The van der Waals surface area contributed by atoms with Crippen LogP contribution in [0.3, 0.4) is 0 Å². The molecule has 98 valence electrons. The van der Waals surface area contributed by atoms with Crippen LogP contribution in [0.25, 0.3) is 22.0 Å². The number of hydrogen-bond acceptors (Lipinski definition) is 2. The van der Waals surface area contributed by atoms with Crippen molar-refractivity contribution in [1.29, 1.82) is 0 Å². The standard InChI is InChI=1S/C17H13NOS/c19-20-11-10-14-16(12-6-2-1-3-7-12)13-8-4-5-9-15(13)18-17(14)20/h1-9H,10-11H2. The van der Waals surface area contributed by atoms with E-state index < -0.39 is 10.8 Å². The van der Waals surface area contributed by atoms with E-state index in [0.717, 1.165) is 27.9 Å². The first-order valence-corrected chi connectivity index (χ1v) is 8.02. The van der Waals surface area contributed by atoms with Crippen molar-refractivity contribution >= 4 is 21.7 Å². The van der Waals surface area contributed by atoms with Crippen molar-refractivity contribution in [3.05, 3.63) is 60.2 Å². The van der Waals surface area contributed by atoms with E-state index in [0.29, 0.717) is 5.75 Å². The molecule has 0 aliphatic carbocycles. The molecule has 2 heterocycles. The smallest absolute Gasteiger partial charge is 0.131 e. The van der Waals surface area contributed by atoms with E-state index in [1.807, 2.05) is 36.4 Å². The summed E-state index contributed by atoms with van der Waals surface area (Å²) in [6.07, 6.45) is 0.851. The van der Waals surface area contributed by atoms with Gasteiger partial charge in [0.15, 0.2) is 0 Å². The van der Waals surface area contributed by atoms with Gasteiger partial charge in [-0.05, 0) is 29.2 Å². The van der Waals surface area contributed by atoms with Crippen molar-refractivity contribution in [3.8, 4) is 11.1 Å². The Bertz CT molecular complexity index is 827. The van der Waals surface area contributed by atoms with Gasteiger partial charge in [0, 0.05) is 11.1 Å². The second-order valence-corrected chi connectivity index (χ2v) is 6.44. The van der Waals surface area contributed by atoms with Crippen LogP contribution < -0.4 is 0 Å². The summed E-state index contributed by atoms with van der Waals surface area (Å²) in [6, 6.07) is 18.5. The average molecular weight is 279 g/mol. The van der Waals surface area contributed by atoms with E-state index in [9.17, 15) is 4.21 Å². The minimum Gasteiger partial charge on any atom is -0.253 e. The highest BCUT2D eigenvalue weighted by Gasteiger charge is 2.25. The SMILES string of the molecule is O=S1CCc2c1nc1ccccc1c2-c1ccccc1. The number of pyridine rings is 1. The third-order valence-electron chi connectivity index (χ3n) is 3.77. The Morgan fingerprint density at radius 3 is 2.55 bits per heavy atom. The first-order valence-electron chi connectivity index (χ1n) is 6.70. The largest absolute Gasteiger partial charge is 0.253 e. The van der Waals surface area contributed by atoms with Crippen LogP contribution >= 0.6 is 0 Å². The van der Waals surface area contributed by atoms with Crippen molar-refractivity contribution in [1.82, 2.24) is 4.98 Å². The molecule has 1 aliphatic rings. The summed E-state index contributed by atoms with van der Waals surface area (Å²) in [5, 5.41) is 1.93. The maximum absolute atomic E-state index is 12.1. The third-order valence-corrected chi connectivity index (χ3v) is 5.11. The molecular formula is C17H13NOS. The first kappa shape index (κ1) is 11.8. The van der Waals surface area contributed by atoms with Gasteiger partial charge in [0.2, 0.25) is 0 Å². The number of hydrogen-bond donors (Lipinski definition) is 0. The summed E-state index contributed by atoms with van der Waals surface area (Å²) in [5.74, 6) is 0.693. The first-order chi connectivity index (χ1) is 9.84. The van der Waals surface area contributed by atoms with Gasteiger partial charge in [-0.1, -0.05) is 48.5 Å². The number of benzene rings is 2. The zero-order valence-corrected chi connectivity index (χ0v) is 11.7. The maximum Gasteiger partial charge on any atom is 0.131 e. The molecule has 1 unspecified atom stereocenters. The van der Waals surface area contributed by atoms with Crippen LogP contribution in [0.15, 0.2) is 59.6 Å². The molecule has 2 nitrogen and oxygen atoms in total. The molecular weight excluding hydrogens is 266 g/mol. The van der Waals surface area contributed by atoms with Crippen LogP contribution in [0, 0.1) is 0 Å². The van der Waals surface area contributed by atoms with E-state index >= 15 is 0 Å². The summed E-state index contributed by atoms with van der Waals surface area (Å²) in [5.41, 5.74) is 4.48. The fraction of sp³-hybridized carbons (Fsp3) is 0.118. The molecule has 1 aliphatic heterocycles. The number of fused-ring (bicyclic) bond motifs is 2. The van der Waals surface area contributed by atoms with Crippen molar-refractivity contribution in [2.75, 3.05) is 5.75 Å². The molecule has 0 radical (unpaired) electrons. The van der Waals surface area contributed by atoms with E-state index in [4.69, 9.17) is 0 Å². The van der Waals surface area contributed by atoms with Crippen LogP contribution in [0.4, 0.5) is 0 Å². The minimum atomic E-state index is -0.949. The highest BCUT2D eigenvalue weighted by Crippen LogP contribution is 2.37. The predicted octanol–water partition coefficient (Wildman–Crippen LogP) is 3.57. The number of aromatic nitrogens is 1. The Hall–Kier alpha value is -2.00. The summed E-state index contributed by atoms with van der Waals surface area (Å²) >= 11 is 0. The average Bonchev–Trinajstić information content (AvgIpc) is 2.87. The topological polar surface area (TPSA) is 30.0 Å². The fourth-order valence-corrected chi connectivity index (χ4v) is 4.14. The van der Waals surface area contributed by atoms with Gasteiger partial charge in [0.05, 0.1) is 16.3 Å². The summed E-state index contributed by atoms with van der Waals surface area (Å²) in [4.78, 5) is 4.62. The number of nitrogens with zero attached hydrogens (tertiary/aromatic N) is 1. The van der Waals surface area contributed by atoms with Crippen molar-refractivity contribution in [2.45, 2.75) is 11.4 Å². The summed E-state index contributed by atoms with van der Waals surface area (Å²) < 4.78 is 12.1. The number of rotatable bonds is 1. The molecule has 2 aromatic carbocycles. The molecule has 4 rings (SSSR count). The highest BCUT2D eigenvalue weighted by atomic mass is 32.2. The molecule has 0 saturated carbocycles. The molecule has 3 heteroatoms. The van der Waals surface area contributed by atoms with Gasteiger partial charge in [-0.15, -0.1) is 0 Å². The van der Waals surface area contributed by atoms with Crippen molar-refractivity contribution in [2.24, 2.45) is 0 Å². The Labute approximate surface area is 119 Å². The maximum atomic E-state index is 12.1. The Morgan fingerprint density at radius 1 is 0.950 bits per heavy atom. The lowest BCUT2D eigenvalue weighted by Gasteiger charge is -2.11. The molecule has 3 aromatic rings. The number of para-hydroxylation sites is 1. The molecule has 1 atom stereocenters. The lowest BCUT2D eigenvalue weighted by molar-refractivity contribution is 0.684. The lowest BCUT2D eigenvalue weighted by Crippen LogP contribution is -1.95. The zero-order valence-electron chi connectivity index (χ0n) is 10.9. The molecule has 0 spiro atoms. The molecule has 1 aromatic heterocycles. The van der Waals surface area contributed by atoms with Gasteiger partial charge in [-0.2, -0.15) is 0 Å². The van der Waals surface area contributed by atoms with Crippen LogP contribution in [0.1, 0.15) is 5.56 Å². The highest BCUT2D eigenvalue weighted by molar-refractivity contribution is 7.85. The fourth-order valence-electron chi connectivity index (χ4n) is 2.88. The molecule has 0 fully saturated rings. The van der Waals surface area contributed by atoms with E-state index in [-0.39, 0.29) is 0 Å². The summed E-state index contributed by atoms with van der Waals surface area (Å²) in [6.45, 7) is 0. The van der Waals surface area contributed by atoms with Gasteiger partial charge < -0.3 is 0 Å². The van der Waals surface area contributed by atoms with E-state index in [1.54, 1.807) is 0 Å². The van der Waals surface area contributed by atoms with Gasteiger partial charge in [-0.3, -0.25) is 4.21 Å². The van der Waals surface area contributed by atoms with Gasteiger partial charge in [0.1, 0.15) is 5.03 Å².